The number of thiophene rings is 1. The molecule has 0 aliphatic rings. The summed E-state index contributed by atoms with van der Waals surface area (Å²) in [7, 11) is 0. The molecule has 0 fully saturated rings. The highest BCUT2D eigenvalue weighted by atomic mass is 32.1. The van der Waals surface area contributed by atoms with E-state index < -0.39 is 0 Å². The zero-order valence-electron chi connectivity index (χ0n) is 15.7. The van der Waals surface area contributed by atoms with Gasteiger partial charge in [0.05, 0.1) is 10.2 Å². The minimum Gasteiger partial charge on any atom is -0.398 e. The van der Waals surface area contributed by atoms with Crippen molar-refractivity contribution in [2.75, 3.05) is 11.1 Å². The number of nitrogens with two attached hydrogens (primary N) is 1. The number of thiazole rings is 1. The fourth-order valence-electron chi connectivity index (χ4n) is 3.34. The Morgan fingerprint density at radius 3 is 2.53 bits per heavy atom. The van der Waals surface area contributed by atoms with Gasteiger partial charge in [-0.2, -0.15) is 0 Å². The Morgan fingerprint density at radius 1 is 1.00 bits per heavy atom. The molecule has 0 atom stereocenters. The molecule has 0 unspecified atom stereocenters. The quantitative estimate of drug-likeness (QED) is 0.242. The van der Waals surface area contributed by atoms with Crippen LogP contribution in [0, 0.1) is 5.41 Å². The van der Waals surface area contributed by atoms with Crippen LogP contribution in [0.4, 0.5) is 11.4 Å². The van der Waals surface area contributed by atoms with E-state index >= 15 is 0 Å². The summed E-state index contributed by atoms with van der Waals surface area (Å²) in [5, 5.41) is 12.2. The number of carbonyl (C=O) groups excluding carboxylic acids is 1. The summed E-state index contributed by atoms with van der Waals surface area (Å²) in [6.07, 6.45) is 1.21. The average Bonchev–Trinajstić information content (AvgIpc) is 3.39. The number of amides is 1. The first-order chi connectivity index (χ1) is 14.6. The summed E-state index contributed by atoms with van der Waals surface area (Å²) in [5.74, 6) is -0.279. The molecular formula is C23H16N4OS2. The van der Waals surface area contributed by atoms with E-state index in [1.807, 2.05) is 42.5 Å². The number of benzene rings is 3. The topological polar surface area (TPSA) is 91.9 Å². The van der Waals surface area contributed by atoms with Gasteiger partial charge in [-0.05, 0) is 41.8 Å². The lowest BCUT2D eigenvalue weighted by molar-refractivity contribution is 0.102. The van der Waals surface area contributed by atoms with Crippen molar-refractivity contribution in [3.8, 4) is 10.4 Å². The Labute approximate surface area is 180 Å². The van der Waals surface area contributed by atoms with Gasteiger partial charge in [-0.1, -0.05) is 30.3 Å². The van der Waals surface area contributed by atoms with E-state index in [0.717, 1.165) is 30.7 Å². The third kappa shape index (κ3) is 3.24. The first-order valence-corrected chi connectivity index (χ1v) is 10.9. The maximum atomic E-state index is 12.8. The number of nitrogens with zero attached hydrogens (tertiary/aromatic N) is 1. The molecule has 0 spiro atoms. The van der Waals surface area contributed by atoms with E-state index in [9.17, 15) is 4.79 Å². The molecule has 0 bridgehead atoms. The highest BCUT2D eigenvalue weighted by Crippen LogP contribution is 2.39. The van der Waals surface area contributed by atoms with Gasteiger partial charge in [0.15, 0.2) is 5.01 Å². The van der Waals surface area contributed by atoms with Crippen molar-refractivity contribution < 1.29 is 4.79 Å². The lowest BCUT2D eigenvalue weighted by Gasteiger charge is -2.11. The second kappa shape index (κ2) is 7.37. The number of anilines is 2. The minimum absolute atomic E-state index is 0.279. The van der Waals surface area contributed by atoms with Gasteiger partial charge in [0.2, 0.25) is 0 Å². The van der Waals surface area contributed by atoms with Crippen LogP contribution in [0.1, 0.15) is 15.4 Å². The highest BCUT2D eigenvalue weighted by Gasteiger charge is 2.16. The van der Waals surface area contributed by atoms with Gasteiger partial charge in [-0.25, -0.2) is 4.98 Å². The van der Waals surface area contributed by atoms with Crippen molar-refractivity contribution in [1.29, 1.82) is 5.41 Å². The minimum atomic E-state index is -0.279. The lowest BCUT2D eigenvalue weighted by Crippen LogP contribution is -2.12. The summed E-state index contributed by atoms with van der Waals surface area (Å²) >= 11 is 2.98. The molecular weight excluding hydrogens is 412 g/mol. The number of fused-ring (bicyclic) bond motifs is 2. The van der Waals surface area contributed by atoms with Crippen molar-refractivity contribution in [2.24, 2.45) is 0 Å². The second-order valence-corrected chi connectivity index (χ2v) is 8.87. The highest BCUT2D eigenvalue weighted by molar-refractivity contribution is 7.22. The Balaban J connectivity index is 1.54. The number of nitrogens with one attached hydrogen (secondary N) is 2. The number of nitrogen functional groups attached to an aromatic ring is 1. The van der Waals surface area contributed by atoms with Crippen LogP contribution >= 0.6 is 22.7 Å². The number of para-hydroxylation sites is 1. The summed E-state index contributed by atoms with van der Waals surface area (Å²) in [6, 6.07) is 21.4. The summed E-state index contributed by atoms with van der Waals surface area (Å²) in [6.45, 7) is 0. The molecule has 3 aromatic carbocycles. The third-order valence-corrected chi connectivity index (χ3v) is 6.99. The Hall–Kier alpha value is -3.55. The third-order valence-electron chi connectivity index (χ3n) is 4.80. The Bertz CT molecular complexity index is 1370. The average molecular weight is 429 g/mol. The van der Waals surface area contributed by atoms with E-state index in [1.54, 1.807) is 17.4 Å². The van der Waals surface area contributed by atoms with E-state index in [0.29, 0.717) is 21.9 Å². The van der Waals surface area contributed by atoms with Crippen LogP contribution in [0.5, 0.6) is 0 Å². The number of rotatable bonds is 4. The molecule has 0 saturated heterocycles. The molecule has 5 nitrogen and oxygen atoms in total. The molecule has 4 N–H and O–H groups in total. The SMILES string of the molecule is N=Cc1cc(NC(=O)c2nc3ccccc3s2)cc(-c2cc3ccccc3s2)c1N. The lowest BCUT2D eigenvalue weighted by atomic mass is 10.0. The Kier molecular flexibility index (Phi) is 4.54. The van der Waals surface area contributed by atoms with Gasteiger partial charge >= 0.3 is 0 Å². The smallest absolute Gasteiger partial charge is 0.284 e. The molecule has 30 heavy (non-hydrogen) atoms. The van der Waals surface area contributed by atoms with Crippen molar-refractivity contribution in [3.63, 3.8) is 0 Å². The number of hydrogen-bond donors (Lipinski definition) is 3. The molecule has 1 amide bonds. The largest absolute Gasteiger partial charge is 0.398 e. The summed E-state index contributed by atoms with van der Waals surface area (Å²) < 4.78 is 2.12. The fourth-order valence-corrected chi connectivity index (χ4v) is 5.29. The first-order valence-electron chi connectivity index (χ1n) is 9.22. The van der Waals surface area contributed by atoms with Crippen LogP contribution < -0.4 is 11.1 Å². The molecule has 146 valence electrons. The van der Waals surface area contributed by atoms with Gasteiger partial charge < -0.3 is 16.5 Å². The molecule has 0 aliphatic carbocycles. The fraction of sp³-hybridized carbons (Fsp3) is 0. The van der Waals surface area contributed by atoms with Crippen LogP contribution in [0.3, 0.4) is 0 Å². The standard InChI is InChI=1S/C23H16N4OS2/c24-12-14-9-15(26-22(28)23-27-17-6-2-4-8-19(17)30-23)11-16(21(14)25)20-10-13-5-1-3-7-18(13)29-20/h1-12,24H,25H2,(H,26,28). The van der Waals surface area contributed by atoms with Crippen LogP contribution in [-0.4, -0.2) is 17.1 Å². The molecule has 5 aromatic rings. The van der Waals surface area contributed by atoms with E-state index in [4.69, 9.17) is 11.1 Å². The molecule has 5 rings (SSSR count). The van der Waals surface area contributed by atoms with Crippen LogP contribution in [0.15, 0.2) is 66.7 Å². The van der Waals surface area contributed by atoms with Gasteiger partial charge in [-0.15, -0.1) is 22.7 Å². The van der Waals surface area contributed by atoms with Crippen LogP contribution in [-0.2, 0) is 0 Å². The maximum absolute atomic E-state index is 12.8. The van der Waals surface area contributed by atoms with Crippen LogP contribution in [0.2, 0.25) is 0 Å². The number of carbonyl (C=O) groups is 1. The number of aromatic nitrogens is 1. The summed E-state index contributed by atoms with van der Waals surface area (Å²) in [4.78, 5) is 18.2. The molecule has 0 radical (unpaired) electrons. The predicted octanol–water partition coefficient (Wildman–Crippen LogP) is 6.01. The molecule has 7 heteroatoms. The summed E-state index contributed by atoms with van der Waals surface area (Å²) in [5.41, 5.74) is 9.61. The van der Waals surface area contributed by atoms with Crippen molar-refractivity contribution in [2.45, 2.75) is 0 Å². The van der Waals surface area contributed by atoms with E-state index in [-0.39, 0.29) is 5.91 Å². The van der Waals surface area contributed by atoms with Gasteiger partial charge in [-0.3, -0.25) is 4.79 Å². The molecule has 2 heterocycles. The normalized spacial score (nSPS) is 11.1. The second-order valence-electron chi connectivity index (χ2n) is 6.76. The molecule has 0 aliphatic heterocycles. The molecule has 0 saturated carbocycles. The van der Waals surface area contributed by atoms with Crippen molar-refractivity contribution in [3.05, 3.63) is 77.3 Å². The van der Waals surface area contributed by atoms with Crippen molar-refractivity contribution in [1.82, 2.24) is 4.98 Å². The zero-order valence-corrected chi connectivity index (χ0v) is 17.3. The van der Waals surface area contributed by atoms with Gasteiger partial charge in [0.1, 0.15) is 0 Å². The van der Waals surface area contributed by atoms with Crippen LogP contribution in [0.25, 0.3) is 30.7 Å². The first kappa shape index (κ1) is 18.5. The number of hydrogen-bond acceptors (Lipinski definition) is 6. The van der Waals surface area contributed by atoms with E-state index in [1.165, 1.54) is 17.6 Å². The molecule has 2 aromatic heterocycles. The van der Waals surface area contributed by atoms with Crippen molar-refractivity contribution >= 4 is 66.5 Å². The van der Waals surface area contributed by atoms with Gasteiger partial charge in [0.25, 0.3) is 5.91 Å². The zero-order chi connectivity index (χ0) is 20.7. The maximum Gasteiger partial charge on any atom is 0.284 e. The predicted molar refractivity (Wildman–Crippen MR) is 127 cm³/mol. The van der Waals surface area contributed by atoms with E-state index in [2.05, 4.69) is 28.5 Å². The Morgan fingerprint density at radius 2 is 1.77 bits per heavy atom. The monoisotopic (exact) mass is 428 g/mol. The van der Waals surface area contributed by atoms with Gasteiger partial charge in [0, 0.05) is 38.3 Å².